The molecule has 1 aliphatic rings. The van der Waals surface area contributed by atoms with Crippen LogP contribution in [0.2, 0.25) is 10.0 Å². The number of benzene rings is 1. The maximum atomic E-state index is 13.7. The Morgan fingerprint density at radius 2 is 1.89 bits per heavy atom. The normalized spacial score (nSPS) is 13.4. The number of amides is 1. The molecule has 0 radical (unpaired) electrons. The molecule has 0 bridgehead atoms. The number of methoxy groups -OCH3 is 1. The van der Waals surface area contributed by atoms with Crippen molar-refractivity contribution < 1.29 is 18.7 Å². The minimum Gasteiger partial charge on any atom is -0.489 e. The van der Waals surface area contributed by atoms with E-state index in [4.69, 9.17) is 43.8 Å². The van der Waals surface area contributed by atoms with Crippen molar-refractivity contribution in [2.24, 2.45) is 0 Å². The summed E-state index contributed by atoms with van der Waals surface area (Å²) >= 11 is 12.0. The highest BCUT2D eigenvalue weighted by Gasteiger charge is 2.22. The minimum absolute atomic E-state index is 0.0900. The third-order valence-electron chi connectivity index (χ3n) is 5.78. The van der Waals surface area contributed by atoms with Crippen molar-refractivity contribution in [2.75, 3.05) is 43.9 Å². The van der Waals surface area contributed by atoms with Crippen LogP contribution in [0.25, 0.3) is 0 Å². The summed E-state index contributed by atoms with van der Waals surface area (Å²) < 4.78 is 24.2. The van der Waals surface area contributed by atoms with Gasteiger partial charge in [-0.2, -0.15) is 4.39 Å². The van der Waals surface area contributed by atoms with Crippen molar-refractivity contribution in [3.05, 3.63) is 75.4 Å². The van der Waals surface area contributed by atoms with E-state index in [1.165, 1.54) is 13.3 Å². The maximum absolute atomic E-state index is 13.7. The zero-order valence-electron chi connectivity index (χ0n) is 19.3. The molecule has 0 spiro atoms. The number of carbonyl (C=O) groups excluding carboxylic acids is 1. The molecule has 9 nitrogen and oxygen atoms in total. The number of halogens is 3. The zero-order valence-corrected chi connectivity index (χ0v) is 20.8. The summed E-state index contributed by atoms with van der Waals surface area (Å²) in [4.78, 5) is 23.3. The fraction of sp³-hybridized carbons (Fsp3) is 0.250. The molecule has 1 amide bonds. The summed E-state index contributed by atoms with van der Waals surface area (Å²) in [5, 5.41) is 8.64. The van der Waals surface area contributed by atoms with Crippen molar-refractivity contribution in [1.29, 1.82) is 5.41 Å². The van der Waals surface area contributed by atoms with E-state index in [1.807, 2.05) is 6.07 Å². The number of pyridine rings is 2. The van der Waals surface area contributed by atoms with Crippen LogP contribution in [-0.2, 0) is 11.3 Å². The first-order valence-electron chi connectivity index (χ1n) is 10.9. The fourth-order valence-corrected chi connectivity index (χ4v) is 4.18. The Bertz CT molecular complexity index is 1280. The van der Waals surface area contributed by atoms with E-state index in [0.29, 0.717) is 48.7 Å². The van der Waals surface area contributed by atoms with Gasteiger partial charge in [-0.05, 0) is 30.3 Å². The summed E-state index contributed by atoms with van der Waals surface area (Å²) in [6, 6.07) is 8.51. The molecule has 4 rings (SSSR count). The lowest BCUT2D eigenvalue weighted by atomic mass is 10.0. The van der Waals surface area contributed by atoms with Crippen LogP contribution in [-0.4, -0.2) is 60.0 Å². The molecule has 3 heterocycles. The van der Waals surface area contributed by atoms with E-state index < -0.39 is 5.95 Å². The molecular weight excluding hydrogens is 510 g/mol. The lowest BCUT2D eigenvalue weighted by Crippen LogP contribution is -2.49. The lowest BCUT2D eigenvalue weighted by molar-refractivity contribution is 0.121. The number of nitrogens with one attached hydrogen (secondary N) is 1. The summed E-state index contributed by atoms with van der Waals surface area (Å²) in [5.41, 5.74) is 7.98. The predicted molar refractivity (Wildman–Crippen MR) is 136 cm³/mol. The van der Waals surface area contributed by atoms with Gasteiger partial charge in [0.15, 0.2) is 0 Å². The molecule has 1 aliphatic heterocycles. The first kappa shape index (κ1) is 25.5. The Hall–Kier alpha value is -3.63. The average molecular weight is 533 g/mol. The van der Waals surface area contributed by atoms with Crippen LogP contribution in [0.5, 0.6) is 5.75 Å². The number of hydrogen-bond donors (Lipinski definition) is 2. The van der Waals surface area contributed by atoms with E-state index in [9.17, 15) is 9.18 Å². The van der Waals surface area contributed by atoms with Crippen molar-refractivity contribution in [2.45, 2.75) is 6.61 Å². The molecule has 2 aromatic heterocycles. The number of ether oxygens (including phenoxy) is 2. The molecule has 1 aromatic carbocycles. The first-order chi connectivity index (χ1) is 17.3. The van der Waals surface area contributed by atoms with Gasteiger partial charge in [0.1, 0.15) is 23.2 Å². The van der Waals surface area contributed by atoms with Gasteiger partial charge >= 0.3 is 6.09 Å². The number of carbonyl (C=O) groups is 1. The van der Waals surface area contributed by atoms with Gasteiger partial charge in [0.25, 0.3) is 0 Å². The van der Waals surface area contributed by atoms with Gasteiger partial charge in [-0.3, -0.25) is 5.41 Å². The predicted octanol–water partition coefficient (Wildman–Crippen LogP) is 4.39. The van der Waals surface area contributed by atoms with Crippen LogP contribution in [0.15, 0.2) is 42.7 Å². The molecular formula is C24H23Cl2FN6O3. The fourth-order valence-electron chi connectivity index (χ4n) is 3.73. The van der Waals surface area contributed by atoms with Crippen LogP contribution in [0, 0.1) is 11.4 Å². The van der Waals surface area contributed by atoms with E-state index in [0.717, 1.165) is 5.82 Å². The Morgan fingerprint density at radius 3 is 2.56 bits per heavy atom. The van der Waals surface area contributed by atoms with E-state index in [2.05, 4.69) is 14.9 Å². The first-order valence-corrected chi connectivity index (χ1v) is 11.7. The van der Waals surface area contributed by atoms with Gasteiger partial charge in [0.2, 0.25) is 5.95 Å². The highest BCUT2D eigenvalue weighted by molar-refractivity contribution is 6.35. The lowest BCUT2D eigenvalue weighted by Gasteiger charge is -2.34. The smallest absolute Gasteiger partial charge is 0.409 e. The number of aromatic nitrogens is 2. The topological polar surface area (TPSA) is 118 Å². The molecule has 1 saturated heterocycles. The zero-order chi connectivity index (χ0) is 25.8. The third kappa shape index (κ3) is 5.44. The number of nitrogens with zero attached hydrogens (tertiary/aromatic N) is 4. The van der Waals surface area contributed by atoms with Gasteiger partial charge < -0.3 is 25.0 Å². The summed E-state index contributed by atoms with van der Waals surface area (Å²) in [6.07, 6.45) is 2.44. The average Bonchev–Trinajstić information content (AvgIpc) is 2.91. The molecule has 0 saturated carbocycles. The van der Waals surface area contributed by atoms with Crippen LogP contribution in [0.1, 0.15) is 16.7 Å². The van der Waals surface area contributed by atoms with Gasteiger partial charge in [0, 0.05) is 61.0 Å². The van der Waals surface area contributed by atoms with E-state index >= 15 is 0 Å². The Kier molecular flexibility index (Phi) is 7.76. The standard InChI is InChI=1S/C24H23Cl2FN6O3/c1-35-24(34)33-8-6-32(7-9-33)20-5-2-14(11-30-20)22(29)16-10-15(3-4-19(16)28)36-13-17-18(25)12-31-23(27)21(17)26/h2-5,10-12,29H,6-9,13,28H2,1H3. The Labute approximate surface area is 217 Å². The molecule has 3 N–H and O–H groups in total. The summed E-state index contributed by atoms with van der Waals surface area (Å²) in [6.45, 7) is 2.24. The van der Waals surface area contributed by atoms with Crippen LogP contribution in [0.4, 0.5) is 20.7 Å². The summed E-state index contributed by atoms with van der Waals surface area (Å²) in [7, 11) is 1.37. The van der Waals surface area contributed by atoms with Gasteiger partial charge in [-0.1, -0.05) is 23.2 Å². The molecule has 0 aliphatic carbocycles. The van der Waals surface area contributed by atoms with Gasteiger partial charge in [-0.15, -0.1) is 0 Å². The SMILES string of the molecule is COC(=O)N1CCN(c2ccc(C(=N)c3cc(OCc4c(Cl)cnc(F)c4Cl)ccc3N)cn2)CC1. The number of rotatable bonds is 6. The number of nitrogen functional groups attached to an aromatic ring is 1. The second-order valence-corrected chi connectivity index (χ2v) is 8.74. The van der Waals surface area contributed by atoms with Gasteiger partial charge in [-0.25, -0.2) is 14.8 Å². The van der Waals surface area contributed by atoms with Crippen molar-refractivity contribution in [1.82, 2.24) is 14.9 Å². The Morgan fingerprint density at radius 1 is 1.14 bits per heavy atom. The number of anilines is 2. The van der Waals surface area contributed by atoms with Crippen molar-refractivity contribution >= 4 is 46.5 Å². The van der Waals surface area contributed by atoms with Gasteiger partial charge in [0.05, 0.1) is 17.8 Å². The molecule has 188 valence electrons. The van der Waals surface area contributed by atoms with Crippen LogP contribution in [0.3, 0.4) is 0 Å². The number of piperazine rings is 1. The van der Waals surface area contributed by atoms with Crippen molar-refractivity contribution in [3.63, 3.8) is 0 Å². The maximum Gasteiger partial charge on any atom is 0.409 e. The molecule has 0 atom stereocenters. The molecule has 12 heteroatoms. The van der Waals surface area contributed by atoms with E-state index in [-0.39, 0.29) is 34.0 Å². The highest BCUT2D eigenvalue weighted by Crippen LogP contribution is 2.29. The highest BCUT2D eigenvalue weighted by atomic mass is 35.5. The molecule has 0 unspecified atom stereocenters. The number of hydrogen-bond acceptors (Lipinski definition) is 8. The second-order valence-electron chi connectivity index (χ2n) is 7.95. The van der Waals surface area contributed by atoms with Crippen LogP contribution < -0.4 is 15.4 Å². The second kappa shape index (κ2) is 11.0. The van der Waals surface area contributed by atoms with E-state index in [1.54, 1.807) is 35.4 Å². The largest absolute Gasteiger partial charge is 0.489 e. The monoisotopic (exact) mass is 532 g/mol. The molecule has 36 heavy (non-hydrogen) atoms. The molecule has 1 fully saturated rings. The molecule has 3 aromatic rings. The number of nitrogens with two attached hydrogens (primary N) is 1. The van der Waals surface area contributed by atoms with Crippen molar-refractivity contribution in [3.8, 4) is 5.75 Å². The third-order valence-corrected chi connectivity index (χ3v) is 6.49. The van der Waals surface area contributed by atoms with Crippen LogP contribution >= 0.6 is 23.2 Å². The quantitative estimate of drug-likeness (QED) is 0.274. The minimum atomic E-state index is -0.833. The summed E-state index contributed by atoms with van der Waals surface area (Å²) in [5.74, 6) is 0.321. The Balaban J connectivity index is 1.45.